The maximum atomic E-state index is 12.6. The van der Waals surface area contributed by atoms with Gasteiger partial charge in [-0.3, -0.25) is 4.79 Å². The minimum Gasteiger partial charge on any atom is -0.310 e. The standard InChI is InChI=1S/C8H7FN2O/c9-6-3-1-5-2-4-7(12)11-8(5)10-6/h1,3H,2,4H2,(H,10,11,12). The van der Waals surface area contributed by atoms with Crippen molar-refractivity contribution in [2.75, 3.05) is 5.32 Å². The molecule has 1 aliphatic rings. The Morgan fingerprint density at radius 1 is 1.42 bits per heavy atom. The number of hydrogen-bond acceptors (Lipinski definition) is 2. The fourth-order valence-corrected chi connectivity index (χ4v) is 1.22. The molecular formula is C8H7FN2O. The summed E-state index contributed by atoms with van der Waals surface area (Å²) in [5.41, 5.74) is 0.899. The quantitative estimate of drug-likeness (QED) is 0.586. The van der Waals surface area contributed by atoms with Crippen LogP contribution in [-0.2, 0) is 11.2 Å². The predicted octanol–water partition coefficient (Wildman–Crippen LogP) is 1.11. The van der Waals surface area contributed by atoms with Crippen molar-refractivity contribution in [1.82, 2.24) is 4.98 Å². The zero-order chi connectivity index (χ0) is 8.55. The molecule has 2 heterocycles. The van der Waals surface area contributed by atoms with Gasteiger partial charge in [-0.1, -0.05) is 6.07 Å². The van der Waals surface area contributed by atoms with Crippen LogP contribution in [0.25, 0.3) is 0 Å². The minimum atomic E-state index is -0.559. The van der Waals surface area contributed by atoms with Crippen LogP contribution in [0.1, 0.15) is 12.0 Å². The van der Waals surface area contributed by atoms with Crippen molar-refractivity contribution in [3.63, 3.8) is 0 Å². The number of rotatable bonds is 0. The Morgan fingerprint density at radius 2 is 2.25 bits per heavy atom. The first-order chi connectivity index (χ1) is 5.75. The molecule has 0 saturated heterocycles. The van der Waals surface area contributed by atoms with Gasteiger partial charge in [-0.05, 0) is 18.1 Å². The molecule has 3 nitrogen and oxygen atoms in total. The summed E-state index contributed by atoms with van der Waals surface area (Å²) in [7, 11) is 0. The van der Waals surface area contributed by atoms with Gasteiger partial charge in [0.2, 0.25) is 11.9 Å². The van der Waals surface area contributed by atoms with Gasteiger partial charge in [0.1, 0.15) is 5.82 Å². The maximum absolute atomic E-state index is 12.6. The van der Waals surface area contributed by atoms with Crippen molar-refractivity contribution in [2.24, 2.45) is 0 Å². The monoisotopic (exact) mass is 166 g/mol. The summed E-state index contributed by atoms with van der Waals surface area (Å²) in [4.78, 5) is 14.4. The highest BCUT2D eigenvalue weighted by atomic mass is 19.1. The average Bonchev–Trinajstić information content (AvgIpc) is 2.03. The summed E-state index contributed by atoms with van der Waals surface area (Å²) in [6.45, 7) is 0. The van der Waals surface area contributed by atoms with E-state index in [0.717, 1.165) is 5.56 Å². The molecule has 0 unspecified atom stereocenters. The predicted molar refractivity (Wildman–Crippen MR) is 41.1 cm³/mol. The highest BCUT2D eigenvalue weighted by molar-refractivity contribution is 5.92. The molecule has 0 spiro atoms. The number of nitrogens with zero attached hydrogens (tertiary/aromatic N) is 1. The van der Waals surface area contributed by atoms with E-state index in [1.54, 1.807) is 6.07 Å². The van der Waals surface area contributed by atoms with E-state index in [9.17, 15) is 9.18 Å². The van der Waals surface area contributed by atoms with Gasteiger partial charge in [0, 0.05) is 6.42 Å². The van der Waals surface area contributed by atoms with Crippen molar-refractivity contribution < 1.29 is 9.18 Å². The van der Waals surface area contributed by atoms with Gasteiger partial charge in [-0.2, -0.15) is 4.39 Å². The third-order valence-corrected chi connectivity index (χ3v) is 1.82. The molecular weight excluding hydrogens is 159 g/mol. The molecule has 4 heteroatoms. The second-order valence-corrected chi connectivity index (χ2v) is 2.69. The topological polar surface area (TPSA) is 42.0 Å². The van der Waals surface area contributed by atoms with E-state index in [4.69, 9.17) is 0 Å². The Morgan fingerprint density at radius 3 is 3.08 bits per heavy atom. The summed E-state index contributed by atoms with van der Waals surface area (Å²) >= 11 is 0. The molecule has 12 heavy (non-hydrogen) atoms. The van der Waals surface area contributed by atoms with Crippen LogP contribution < -0.4 is 5.32 Å². The van der Waals surface area contributed by atoms with Crippen LogP contribution in [0, 0.1) is 5.95 Å². The summed E-state index contributed by atoms with van der Waals surface area (Å²) in [6, 6.07) is 2.95. The van der Waals surface area contributed by atoms with Crippen LogP contribution in [-0.4, -0.2) is 10.9 Å². The normalized spacial score (nSPS) is 15.2. The van der Waals surface area contributed by atoms with Crippen molar-refractivity contribution in [3.8, 4) is 0 Å². The summed E-state index contributed by atoms with van der Waals surface area (Å²) in [5, 5.41) is 2.51. The molecule has 1 amide bonds. The molecule has 0 aliphatic carbocycles. The van der Waals surface area contributed by atoms with Crippen LogP contribution in [0.5, 0.6) is 0 Å². The third-order valence-electron chi connectivity index (χ3n) is 1.82. The molecule has 0 fully saturated rings. The summed E-state index contributed by atoms with van der Waals surface area (Å²) in [6.07, 6.45) is 1.11. The molecule has 1 N–H and O–H groups in total. The molecule has 0 bridgehead atoms. The molecule has 0 radical (unpaired) electrons. The van der Waals surface area contributed by atoms with Crippen molar-refractivity contribution in [1.29, 1.82) is 0 Å². The minimum absolute atomic E-state index is 0.0967. The zero-order valence-electron chi connectivity index (χ0n) is 6.30. The van der Waals surface area contributed by atoms with Gasteiger partial charge in [0.15, 0.2) is 0 Å². The van der Waals surface area contributed by atoms with Crippen LogP contribution >= 0.6 is 0 Å². The van der Waals surface area contributed by atoms with Crippen LogP contribution in [0.2, 0.25) is 0 Å². The fourth-order valence-electron chi connectivity index (χ4n) is 1.22. The highest BCUT2D eigenvalue weighted by Crippen LogP contribution is 2.19. The lowest BCUT2D eigenvalue weighted by molar-refractivity contribution is -0.116. The first-order valence-electron chi connectivity index (χ1n) is 3.71. The fraction of sp³-hybridized carbons (Fsp3) is 0.250. The molecule has 0 saturated carbocycles. The third kappa shape index (κ3) is 1.15. The smallest absolute Gasteiger partial charge is 0.225 e. The van der Waals surface area contributed by atoms with Crippen molar-refractivity contribution in [3.05, 3.63) is 23.6 Å². The van der Waals surface area contributed by atoms with E-state index < -0.39 is 5.95 Å². The first kappa shape index (κ1) is 7.21. The molecule has 1 aliphatic heterocycles. The van der Waals surface area contributed by atoms with E-state index in [1.807, 2.05) is 0 Å². The van der Waals surface area contributed by atoms with Crippen molar-refractivity contribution >= 4 is 11.7 Å². The van der Waals surface area contributed by atoms with Gasteiger partial charge < -0.3 is 5.32 Å². The largest absolute Gasteiger partial charge is 0.310 e. The number of carbonyl (C=O) groups is 1. The molecule has 1 aromatic rings. The average molecular weight is 166 g/mol. The number of anilines is 1. The number of halogens is 1. The van der Waals surface area contributed by atoms with Crippen molar-refractivity contribution in [2.45, 2.75) is 12.8 Å². The molecule has 2 rings (SSSR count). The van der Waals surface area contributed by atoms with Crippen LogP contribution in [0.3, 0.4) is 0 Å². The molecule has 0 aromatic carbocycles. The number of fused-ring (bicyclic) bond motifs is 1. The van der Waals surface area contributed by atoms with Gasteiger partial charge in [-0.25, -0.2) is 4.98 Å². The maximum Gasteiger partial charge on any atom is 0.225 e. The van der Waals surface area contributed by atoms with E-state index in [1.165, 1.54) is 6.07 Å². The lowest BCUT2D eigenvalue weighted by Gasteiger charge is -2.14. The number of carbonyl (C=O) groups excluding carboxylic acids is 1. The number of aromatic nitrogens is 1. The molecule has 62 valence electrons. The Kier molecular flexibility index (Phi) is 1.53. The Balaban J connectivity index is 2.44. The Hall–Kier alpha value is -1.45. The number of aryl methyl sites for hydroxylation is 1. The number of nitrogens with one attached hydrogen (secondary N) is 1. The molecule has 1 aromatic heterocycles. The second-order valence-electron chi connectivity index (χ2n) is 2.69. The van der Waals surface area contributed by atoms with E-state index in [2.05, 4.69) is 10.3 Å². The zero-order valence-corrected chi connectivity index (χ0v) is 6.30. The van der Waals surface area contributed by atoms with Gasteiger partial charge in [0.05, 0.1) is 0 Å². The second kappa shape index (κ2) is 2.55. The highest BCUT2D eigenvalue weighted by Gasteiger charge is 2.15. The molecule has 0 atom stereocenters. The van der Waals surface area contributed by atoms with E-state index >= 15 is 0 Å². The van der Waals surface area contributed by atoms with E-state index in [0.29, 0.717) is 18.7 Å². The van der Waals surface area contributed by atoms with E-state index in [-0.39, 0.29) is 5.91 Å². The van der Waals surface area contributed by atoms with Gasteiger partial charge in [-0.15, -0.1) is 0 Å². The number of hydrogen-bond donors (Lipinski definition) is 1. The summed E-state index contributed by atoms with van der Waals surface area (Å²) < 4.78 is 12.6. The number of amides is 1. The van der Waals surface area contributed by atoms with Gasteiger partial charge >= 0.3 is 0 Å². The van der Waals surface area contributed by atoms with Crippen LogP contribution in [0.15, 0.2) is 12.1 Å². The number of pyridine rings is 1. The Bertz CT molecular complexity index is 338. The van der Waals surface area contributed by atoms with Gasteiger partial charge in [0.25, 0.3) is 0 Å². The summed E-state index contributed by atoms with van der Waals surface area (Å²) in [5.74, 6) is -0.289. The van der Waals surface area contributed by atoms with Crippen LogP contribution in [0.4, 0.5) is 10.2 Å². The first-order valence-corrected chi connectivity index (χ1v) is 3.71. The lowest BCUT2D eigenvalue weighted by Crippen LogP contribution is -2.20. The lowest BCUT2D eigenvalue weighted by atomic mass is 10.1. The SMILES string of the molecule is O=C1CCc2ccc(F)nc2N1. The Labute approximate surface area is 68.6 Å².